The van der Waals surface area contributed by atoms with Gasteiger partial charge in [-0.2, -0.15) is 5.10 Å². The van der Waals surface area contributed by atoms with Gasteiger partial charge in [0.2, 0.25) is 0 Å². The Bertz CT molecular complexity index is 1400. The van der Waals surface area contributed by atoms with Crippen molar-refractivity contribution in [2.24, 2.45) is 22.7 Å². The number of hydrogen-bond acceptors (Lipinski definition) is 8. The standard InChI is InChI=1S/C22H24N8O3.C7H15N/c1-3-13(2)11-29-16-8-14(4-5-18(16)33-12-20(29)31)10-25-22(32)15-9-17(21(23)28-24)30-19(27-15)6-7-26-30;8-6-7-4-2-1-3-5-7/h4-9,13,23-24H,3,10-12H2,1-2H3,(H,25,32);7H,1-6,8H2. The van der Waals surface area contributed by atoms with E-state index in [-0.39, 0.29) is 36.3 Å². The molecular formula is C29H39N9O3. The van der Waals surface area contributed by atoms with Crippen LogP contribution in [0.1, 0.15) is 74.1 Å². The van der Waals surface area contributed by atoms with Crippen LogP contribution in [-0.4, -0.2) is 51.9 Å². The van der Waals surface area contributed by atoms with Crippen molar-refractivity contribution in [3.8, 4) is 5.75 Å². The Hall–Kier alpha value is -4.19. The second kappa shape index (κ2) is 13.9. The van der Waals surface area contributed by atoms with Crippen molar-refractivity contribution in [2.45, 2.75) is 58.9 Å². The van der Waals surface area contributed by atoms with E-state index in [1.54, 1.807) is 17.0 Å². The lowest BCUT2D eigenvalue weighted by molar-refractivity contribution is -0.121. The summed E-state index contributed by atoms with van der Waals surface area (Å²) in [7, 11) is 0. The van der Waals surface area contributed by atoms with Crippen LogP contribution in [0.25, 0.3) is 5.65 Å². The molecule has 12 heteroatoms. The molecule has 2 aliphatic rings. The Labute approximate surface area is 239 Å². The molecule has 1 unspecified atom stereocenters. The predicted molar refractivity (Wildman–Crippen MR) is 156 cm³/mol. The average molecular weight is 562 g/mol. The highest BCUT2D eigenvalue weighted by Crippen LogP contribution is 2.33. The van der Waals surface area contributed by atoms with Crippen LogP contribution in [0.15, 0.2) is 41.6 Å². The minimum absolute atomic E-state index is 0.0181. The van der Waals surface area contributed by atoms with Crippen molar-refractivity contribution in [1.82, 2.24) is 19.9 Å². The van der Waals surface area contributed by atoms with E-state index in [1.807, 2.05) is 12.1 Å². The molecule has 1 atom stereocenters. The SMILES string of the molecule is CCC(C)CN1C(=O)COc2ccc(CNC(=O)c3cc(C(=N)N=N)n4nccc4n3)cc21.NCC1CCCCC1. The van der Waals surface area contributed by atoms with Crippen LogP contribution in [0.2, 0.25) is 0 Å². The number of hydrogen-bond donors (Lipinski definition) is 4. The first kappa shape index (κ1) is 29.8. The summed E-state index contributed by atoms with van der Waals surface area (Å²) in [4.78, 5) is 31.3. The van der Waals surface area contributed by atoms with Crippen molar-refractivity contribution in [3.63, 3.8) is 0 Å². The maximum absolute atomic E-state index is 12.8. The number of rotatable bonds is 8. The Morgan fingerprint density at radius 1 is 1.24 bits per heavy atom. The summed E-state index contributed by atoms with van der Waals surface area (Å²) in [6, 6.07) is 8.47. The van der Waals surface area contributed by atoms with Gasteiger partial charge in [0.05, 0.1) is 11.9 Å². The largest absolute Gasteiger partial charge is 0.482 e. The smallest absolute Gasteiger partial charge is 0.270 e. The summed E-state index contributed by atoms with van der Waals surface area (Å²) in [6.07, 6.45) is 9.50. The first-order valence-corrected chi connectivity index (χ1v) is 14.2. The number of aromatic nitrogens is 3. The highest BCUT2D eigenvalue weighted by molar-refractivity contribution is 6.00. The van der Waals surface area contributed by atoms with Crippen LogP contribution < -0.4 is 20.7 Å². The molecule has 0 spiro atoms. The van der Waals surface area contributed by atoms with Crippen molar-refractivity contribution in [1.29, 1.82) is 10.9 Å². The number of anilines is 1. The molecule has 5 N–H and O–H groups in total. The van der Waals surface area contributed by atoms with E-state index < -0.39 is 5.91 Å². The van der Waals surface area contributed by atoms with Crippen LogP contribution in [0, 0.1) is 22.8 Å². The molecule has 1 aliphatic carbocycles. The molecule has 218 valence electrons. The first-order chi connectivity index (χ1) is 19.8. The molecule has 2 amide bonds. The first-order valence-electron chi connectivity index (χ1n) is 14.2. The van der Waals surface area contributed by atoms with Crippen LogP contribution in [0.3, 0.4) is 0 Å². The van der Waals surface area contributed by atoms with Crippen LogP contribution in [0.4, 0.5) is 5.69 Å². The zero-order valence-corrected chi connectivity index (χ0v) is 23.7. The molecular weight excluding hydrogens is 522 g/mol. The number of amidine groups is 1. The quantitative estimate of drug-likeness (QED) is 0.181. The Balaban J connectivity index is 0.000000417. The zero-order chi connectivity index (χ0) is 29.4. The number of fused-ring (bicyclic) bond motifs is 2. The third kappa shape index (κ3) is 7.31. The molecule has 1 saturated carbocycles. The minimum Gasteiger partial charge on any atom is -0.482 e. The van der Waals surface area contributed by atoms with E-state index in [2.05, 4.69) is 34.4 Å². The number of carbonyl (C=O) groups is 2. The van der Waals surface area contributed by atoms with E-state index in [1.165, 1.54) is 48.9 Å². The average Bonchev–Trinajstić information content (AvgIpc) is 3.50. The molecule has 0 saturated heterocycles. The van der Waals surface area contributed by atoms with Gasteiger partial charge in [0.1, 0.15) is 17.1 Å². The van der Waals surface area contributed by atoms with Gasteiger partial charge in [-0.05, 0) is 55.0 Å². The number of nitrogens with zero attached hydrogens (tertiary/aromatic N) is 5. The Kier molecular flexibility index (Phi) is 10.1. The van der Waals surface area contributed by atoms with Gasteiger partial charge in [-0.15, -0.1) is 5.11 Å². The van der Waals surface area contributed by atoms with Gasteiger partial charge in [0.15, 0.2) is 18.1 Å². The van der Waals surface area contributed by atoms with Crippen molar-refractivity contribution in [2.75, 3.05) is 24.6 Å². The van der Waals surface area contributed by atoms with Crippen molar-refractivity contribution >= 4 is 29.0 Å². The van der Waals surface area contributed by atoms with Gasteiger partial charge in [-0.1, -0.05) is 45.6 Å². The van der Waals surface area contributed by atoms with E-state index >= 15 is 0 Å². The van der Waals surface area contributed by atoms with E-state index in [9.17, 15) is 9.59 Å². The van der Waals surface area contributed by atoms with Crippen LogP contribution in [0.5, 0.6) is 5.75 Å². The summed E-state index contributed by atoms with van der Waals surface area (Å²) in [5, 5.41) is 17.8. The van der Waals surface area contributed by atoms with Gasteiger partial charge < -0.3 is 20.7 Å². The van der Waals surface area contributed by atoms with Crippen LogP contribution >= 0.6 is 0 Å². The summed E-state index contributed by atoms with van der Waals surface area (Å²) < 4.78 is 6.92. The number of nitrogens with one attached hydrogen (secondary N) is 3. The molecule has 1 aliphatic heterocycles. The summed E-state index contributed by atoms with van der Waals surface area (Å²) in [5.74, 6) is 0.986. The maximum Gasteiger partial charge on any atom is 0.270 e. The molecule has 3 heterocycles. The summed E-state index contributed by atoms with van der Waals surface area (Å²) in [6.45, 7) is 5.93. The fourth-order valence-corrected chi connectivity index (χ4v) is 4.95. The molecule has 41 heavy (non-hydrogen) atoms. The van der Waals surface area contributed by atoms with Gasteiger partial charge >= 0.3 is 0 Å². The van der Waals surface area contributed by atoms with E-state index in [0.717, 1.165) is 24.4 Å². The predicted octanol–water partition coefficient (Wildman–Crippen LogP) is 4.31. The third-order valence-corrected chi connectivity index (χ3v) is 7.62. The molecule has 1 fully saturated rings. The fourth-order valence-electron chi connectivity index (χ4n) is 4.95. The molecule has 12 nitrogen and oxygen atoms in total. The van der Waals surface area contributed by atoms with E-state index in [4.69, 9.17) is 21.4 Å². The van der Waals surface area contributed by atoms with Crippen LogP contribution in [-0.2, 0) is 11.3 Å². The lowest BCUT2D eigenvalue weighted by Crippen LogP contribution is -2.41. The topological polar surface area (TPSA) is 175 Å². The number of carbonyl (C=O) groups excluding carboxylic acids is 2. The second-order valence-corrected chi connectivity index (χ2v) is 10.6. The Morgan fingerprint density at radius 2 is 2.02 bits per heavy atom. The molecule has 0 bridgehead atoms. The molecule has 5 rings (SSSR count). The van der Waals surface area contributed by atoms with Gasteiger partial charge in [-0.3, -0.25) is 15.0 Å². The monoisotopic (exact) mass is 561 g/mol. The van der Waals surface area contributed by atoms with Gasteiger partial charge in [0, 0.05) is 19.2 Å². The third-order valence-electron chi connectivity index (χ3n) is 7.62. The maximum atomic E-state index is 12.8. The fraction of sp³-hybridized carbons (Fsp3) is 0.483. The highest BCUT2D eigenvalue weighted by Gasteiger charge is 2.27. The van der Waals surface area contributed by atoms with E-state index in [0.29, 0.717) is 29.5 Å². The molecule has 2 aromatic heterocycles. The second-order valence-electron chi connectivity index (χ2n) is 10.6. The van der Waals surface area contributed by atoms with Crippen molar-refractivity contribution < 1.29 is 14.3 Å². The lowest BCUT2D eigenvalue weighted by Gasteiger charge is -2.31. The van der Waals surface area contributed by atoms with Crippen molar-refractivity contribution in [3.05, 3.63) is 53.5 Å². The summed E-state index contributed by atoms with van der Waals surface area (Å²) in [5.41, 5.74) is 14.8. The van der Waals surface area contributed by atoms with Gasteiger partial charge in [-0.25, -0.2) is 15.0 Å². The molecule has 1 aromatic carbocycles. The highest BCUT2D eigenvalue weighted by atomic mass is 16.5. The number of benzene rings is 1. The summed E-state index contributed by atoms with van der Waals surface area (Å²) >= 11 is 0. The Morgan fingerprint density at radius 3 is 2.71 bits per heavy atom. The molecule has 0 radical (unpaired) electrons. The number of amides is 2. The van der Waals surface area contributed by atoms with Gasteiger partial charge in [0.25, 0.3) is 11.8 Å². The minimum atomic E-state index is -0.445. The molecule has 3 aromatic rings. The number of nitrogens with two attached hydrogens (primary N) is 1. The lowest BCUT2D eigenvalue weighted by atomic mass is 9.90. The normalized spacial score (nSPS) is 15.8. The zero-order valence-electron chi connectivity index (χ0n) is 23.7. The number of ether oxygens (including phenoxy) is 1.